The number of hydrogen-bond donors (Lipinski definition) is 2. The fourth-order valence-corrected chi connectivity index (χ4v) is 5.67. The van der Waals surface area contributed by atoms with Crippen molar-refractivity contribution in [2.45, 2.75) is 30.8 Å². The molecule has 1 atom stereocenters. The second kappa shape index (κ2) is 11.9. The van der Waals surface area contributed by atoms with Crippen molar-refractivity contribution in [1.82, 2.24) is 14.3 Å². The molecular weight excluding hydrogens is 536 g/mol. The molecule has 0 saturated carbocycles. The highest BCUT2D eigenvalue weighted by Crippen LogP contribution is 2.28. The molecule has 0 spiro atoms. The first-order chi connectivity index (χ1) is 18.1. The minimum Gasteiger partial charge on any atom is -0.481 e. The van der Waals surface area contributed by atoms with Gasteiger partial charge in [0, 0.05) is 37.7 Å². The minimum atomic E-state index is -3.53. The van der Waals surface area contributed by atoms with Crippen molar-refractivity contribution in [2.75, 3.05) is 32.1 Å². The average Bonchev–Trinajstić information content (AvgIpc) is 3.23. The van der Waals surface area contributed by atoms with Gasteiger partial charge in [0.2, 0.25) is 21.8 Å². The van der Waals surface area contributed by atoms with E-state index in [1.165, 1.54) is 47.8 Å². The summed E-state index contributed by atoms with van der Waals surface area (Å²) in [4.78, 5) is 32.5. The molecule has 0 radical (unpaired) electrons. The number of carbonyl (C=O) groups is 2. The van der Waals surface area contributed by atoms with Gasteiger partial charge in [-0.3, -0.25) is 14.9 Å². The van der Waals surface area contributed by atoms with Crippen molar-refractivity contribution in [2.24, 2.45) is 0 Å². The molecule has 1 aliphatic heterocycles. The second-order valence-corrected chi connectivity index (χ2v) is 11.2. The van der Waals surface area contributed by atoms with Crippen molar-refractivity contribution >= 4 is 38.4 Å². The molecular formula is C24H26N4O8S2. The zero-order chi connectivity index (χ0) is 27.3. The van der Waals surface area contributed by atoms with Crippen molar-refractivity contribution in [3.05, 3.63) is 53.0 Å². The number of carboxylic acid groups (broad SMARTS) is 1. The van der Waals surface area contributed by atoms with E-state index in [2.05, 4.69) is 15.3 Å². The number of aliphatic carboxylic acids is 1. The molecule has 0 aliphatic carbocycles. The fourth-order valence-electron chi connectivity index (χ4n) is 3.45. The van der Waals surface area contributed by atoms with Crippen LogP contribution in [0.2, 0.25) is 0 Å². The maximum absolute atomic E-state index is 13.0. The molecule has 1 fully saturated rings. The molecule has 2 aromatic heterocycles. The lowest BCUT2D eigenvalue weighted by molar-refractivity contribution is -0.136. The number of sulfonamides is 1. The molecule has 1 aliphatic rings. The van der Waals surface area contributed by atoms with Crippen LogP contribution in [0, 0.1) is 0 Å². The van der Waals surface area contributed by atoms with Crippen LogP contribution >= 0.6 is 11.3 Å². The number of pyridine rings is 1. The molecule has 38 heavy (non-hydrogen) atoms. The lowest BCUT2D eigenvalue weighted by Crippen LogP contribution is -2.41. The molecule has 14 heteroatoms. The summed E-state index contributed by atoms with van der Waals surface area (Å²) in [6.45, 7) is 3.07. The number of benzene rings is 1. The van der Waals surface area contributed by atoms with Gasteiger partial charge >= 0.3 is 5.97 Å². The van der Waals surface area contributed by atoms with Crippen LogP contribution < -0.4 is 14.8 Å². The van der Waals surface area contributed by atoms with Crippen LogP contribution in [0.5, 0.6) is 17.5 Å². The van der Waals surface area contributed by atoms with Gasteiger partial charge in [0.15, 0.2) is 5.13 Å². The highest BCUT2D eigenvalue weighted by atomic mass is 32.2. The van der Waals surface area contributed by atoms with Gasteiger partial charge in [-0.2, -0.15) is 9.29 Å². The Morgan fingerprint density at radius 1 is 1.16 bits per heavy atom. The van der Waals surface area contributed by atoms with Crippen LogP contribution in [0.4, 0.5) is 5.13 Å². The quantitative estimate of drug-likeness (QED) is 0.336. The first kappa shape index (κ1) is 27.4. The van der Waals surface area contributed by atoms with Crippen LogP contribution in [-0.4, -0.2) is 72.6 Å². The Bertz CT molecular complexity index is 1410. The van der Waals surface area contributed by atoms with Gasteiger partial charge in [-0.05, 0) is 37.6 Å². The van der Waals surface area contributed by atoms with Gasteiger partial charge in [0.05, 0.1) is 29.2 Å². The molecule has 2 N–H and O–H groups in total. The monoisotopic (exact) mass is 562 g/mol. The van der Waals surface area contributed by atoms with Gasteiger partial charge < -0.3 is 19.3 Å². The van der Waals surface area contributed by atoms with Crippen LogP contribution in [0.3, 0.4) is 0 Å². The third-order valence-corrected chi connectivity index (χ3v) is 8.09. The van der Waals surface area contributed by atoms with Crippen LogP contribution in [0.1, 0.15) is 29.4 Å². The zero-order valence-electron chi connectivity index (χ0n) is 20.6. The molecule has 0 unspecified atom stereocenters. The van der Waals surface area contributed by atoms with Crippen molar-refractivity contribution in [3.8, 4) is 17.5 Å². The number of rotatable bonds is 12. The standard InChI is InChI=1S/C24H26N4O8S2/c1-15(13-34-2)35-20-10-16(23(31)27-24-25-17(14-37-24)12-22(29)30)11-21(26-20)36-18-4-6-19(7-5-18)38(32,33)28-8-3-9-28/h4-7,10-11,14-15H,3,8-9,12-13H2,1-2H3,(H,29,30)(H,25,27,31)/t15-/m1/s1. The first-order valence-electron chi connectivity index (χ1n) is 11.6. The summed E-state index contributed by atoms with van der Waals surface area (Å²) in [5.41, 5.74) is 0.482. The number of thiazole rings is 1. The summed E-state index contributed by atoms with van der Waals surface area (Å²) in [6, 6.07) is 8.76. The number of anilines is 1. The largest absolute Gasteiger partial charge is 0.481 e. The third-order valence-electron chi connectivity index (χ3n) is 5.37. The smallest absolute Gasteiger partial charge is 0.309 e. The van der Waals surface area contributed by atoms with Gasteiger partial charge in [-0.1, -0.05) is 0 Å². The van der Waals surface area contributed by atoms with E-state index in [1.807, 2.05) is 0 Å². The molecule has 1 saturated heterocycles. The van der Waals surface area contributed by atoms with E-state index in [1.54, 1.807) is 12.3 Å². The summed E-state index contributed by atoms with van der Waals surface area (Å²) in [5, 5.41) is 13.3. The Labute approximate surface area is 223 Å². The van der Waals surface area contributed by atoms with Crippen molar-refractivity contribution < 1.29 is 37.3 Å². The van der Waals surface area contributed by atoms with E-state index in [9.17, 15) is 18.0 Å². The number of nitrogens with zero attached hydrogens (tertiary/aromatic N) is 3. The Morgan fingerprint density at radius 3 is 2.50 bits per heavy atom. The number of amides is 1. The normalized spacial score (nSPS) is 14.4. The Kier molecular flexibility index (Phi) is 8.56. The number of ether oxygens (including phenoxy) is 3. The van der Waals surface area contributed by atoms with Crippen LogP contribution in [0.25, 0.3) is 0 Å². The molecule has 4 rings (SSSR count). The lowest BCUT2D eigenvalue weighted by Gasteiger charge is -2.29. The minimum absolute atomic E-state index is 0.0429. The van der Waals surface area contributed by atoms with E-state index in [0.717, 1.165) is 17.8 Å². The molecule has 3 aromatic rings. The maximum atomic E-state index is 13.0. The lowest BCUT2D eigenvalue weighted by atomic mass is 10.2. The van der Waals surface area contributed by atoms with Gasteiger partial charge in [0.1, 0.15) is 11.9 Å². The number of carboxylic acids is 1. The second-order valence-electron chi connectivity index (χ2n) is 8.42. The molecule has 1 aromatic carbocycles. The highest BCUT2D eigenvalue weighted by Gasteiger charge is 2.29. The van der Waals surface area contributed by atoms with Gasteiger partial charge in [-0.25, -0.2) is 13.4 Å². The van der Waals surface area contributed by atoms with E-state index in [0.29, 0.717) is 24.5 Å². The SMILES string of the molecule is COC[C@@H](C)Oc1cc(C(=O)Nc2nc(CC(=O)O)cs2)cc(Oc2ccc(S(=O)(=O)N3CCC3)cc2)n1. The number of carbonyl (C=O) groups excluding carboxylic acids is 1. The summed E-state index contributed by atoms with van der Waals surface area (Å²) < 4.78 is 43.3. The summed E-state index contributed by atoms with van der Waals surface area (Å²) in [7, 11) is -2.00. The molecule has 1 amide bonds. The predicted molar refractivity (Wildman–Crippen MR) is 138 cm³/mol. The van der Waals surface area contributed by atoms with Crippen LogP contribution in [0.15, 0.2) is 46.7 Å². The summed E-state index contributed by atoms with van der Waals surface area (Å²) in [5.74, 6) is -1.09. The maximum Gasteiger partial charge on any atom is 0.309 e. The molecule has 0 bridgehead atoms. The number of nitrogens with one attached hydrogen (secondary N) is 1. The Morgan fingerprint density at radius 2 is 1.87 bits per heavy atom. The number of hydrogen-bond acceptors (Lipinski definition) is 10. The highest BCUT2D eigenvalue weighted by molar-refractivity contribution is 7.89. The topological polar surface area (TPSA) is 157 Å². The Balaban J connectivity index is 1.54. The zero-order valence-corrected chi connectivity index (χ0v) is 22.3. The van der Waals surface area contributed by atoms with Crippen molar-refractivity contribution in [3.63, 3.8) is 0 Å². The fraction of sp³-hybridized carbons (Fsp3) is 0.333. The van der Waals surface area contributed by atoms with E-state index >= 15 is 0 Å². The average molecular weight is 563 g/mol. The number of aromatic nitrogens is 2. The summed E-state index contributed by atoms with van der Waals surface area (Å²) in [6.07, 6.45) is 0.213. The summed E-state index contributed by atoms with van der Waals surface area (Å²) >= 11 is 1.10. The first-order valence-corrected chi connectivity index (χ1v) is 13.9. The number of methoxy groups -OCH3 is 1. The van der Waals surface area contributed by atoms with E-state index in [4.69, 9.17) is 19.3 Å². The Hall–Kier alpha value is -3.59. The van der Waals surface area contributed by atoms with Crippen LogP contribution in [-0.2, 0) is 26.0 Å². The van der Waals surface area contributed by atoms with Crippen molar-refractivity contribution in [1.29, 1.82) is 0 Å². The molecule has 202 valence electrons. The van der Waals surface area contributed by atoms with E-state index in [-0.39, 0.29) is 46.5 Å². The molecule has 3 heterocycles. The van der Waals surface area contributed by atoms with Gasteiger partial charge in [-0.15, -0.1) is 11.3 Å². The third kappa shape index (κ3) is 6.83. The van der Waals surface area contributed by atoms with Gasteiger partial charge in [0.25, 0.3) is 5.91 Å². The molecule has 12 nitrogen and oxygen atoms in total. The van der Waals surface area contributed by atoms with E-state index < -0.39 is 21.9 Å². The predicted octanol–water partition coefficient (Wildman–Crippen LogP) is 3.02.